The maximum atomic E-state index is 13.7. The van der Waals surface area contributed by atoms with Crippen LogP contribution in [0.5, 0.6) is 0 Å². The van der Waals surface area contributed by atoms with Crippen molar-refractivity contribution >= 4 is 22.9 Å². The molecule has 0 amide bonds. The largest absolute Gasteiger partial charge is 0.506 e. The van der Waals surface area contributed by atoms with Gasteiger partial charge in [0.1, 0.15) is 12.4 Å². The number of anilines is 1. The fourth-order valence-electron chi connectivity index (χ4n) is 6.47. The first-order chi connectivity index (χ1) is 20.1. The number of para-hydroxylation sites is 2. The van der Waals surface area contributed by atoms with Crippen LogP contribution in [0.25, 0.3) is 0 Å². The van der Waals surface area contributed by atoms with Crippen molar-refractivity contribution in [2.24, 2.45) is 0 Å². The van der Waals surface area contributed by atoms with Crippen molar-refractivity contribution in [3.8, 4) is 0 Å². The minimum Gasteiger partial charge on any atom is -0.506 e. The van der Waals surface area contributed by atoms with Crippen molar-refractivity contribution in [1.29, 1.82) is 0 Å². The van der Waals surface area contributed by atoms with E-state index in [9.17, 15) is 9.90 Å². The van der Waals surface area contributed by atoms with E-state index in [-0.39, 0.29) is 22.4 Å². The molecule has 0 spiro atoms. The SMILES string of the molecule is CCCOCCN1/C(=C\C2=C(O)C(=C\C3=[N+](CCOCCC)c4ccccc4C3(C)C)/C2=O)C(C)(C)c2ccccc21. The molecule has 2 aliphatic heterocycles. The van der Waals surface area contributed by atoms with E-state index in [0.29, 0.717) is 37.4 Å². The average Bonchev–Trinajstić information content (AvgIpc) is 3.33. The number of aliphatic hydroxyl groups is 1. The van der Waals surface area contributed by atoms with Crippen molar-refractivity contribution in [3.63, 3.8) is 0 Å². The van der Waals surface area contributed by atoms with E-state index >= 15 is 0 Å². The number of benzene rings is 2. The second-order valence-corrected chi connectivity index (χ2v) is 12.4. The number of ether oxygens (including phenoxy) is 2. The molecular weight excluding hydrogens is 524 g/mol. The first-order valence-corrected chi connectivity index (χ1v) is 15.3. The van der Waals surface area contributed by atoms with Gasteiger partial charge in [-0.3, -0.25) is 4.79 Å². The molecule has 6 nitrogen and oxygen atoms in total. The summed E-state index contributed by atoms with van der Waals surface area (Å²) in [7, 11) is 0. The van der Waals surface area contributed by atoms with E-state index in [0.717, 1.165) is 48.8 Å². The Kier molecular flexibility index (Phi) is 8.58. The minimum atomic E-state index is -0.326. The number of Topliss-reactive ketones (excluding diaryl/α,β-unsaturated/α-hetero) is 1. The van der Waals surface area contributed by atoms with Gasteiger partial charge < -0.3 is 19.5 Å². The molecule has 0 aromatic heterocycles. The molecule has 0 fully saturated rings. The first-order valence-electron chi connectivity index (χ1n) is 15.3. The maximum absolute atomic E-state index is 13.7. The molecule has 2 heterocycles. The lowest BCUT2D eigenvalue weighted by atomic mass is 9.77. The number of nitrogens with zero attached hydrogens (tertiary/aromatic N) is 2. The van der Waals surface area contributed by atoms with E-state index in [1.54, 1.807) is 0 Å². The summed E-state index contributed by atoms with van der Waals surface area (Å²) in [6.45, 7) is 16.9. The van der Waals surface area contributed by atoms with Crippen LogP contribution in [-0.2, 0) is 25.1 Å². The van der Waals surface area contributed by atoms with Crippen molar-refractivity contribution < 1.29 is 24.0 Å². The summed E-state index contributed by atoms with van der Waals surface area (Å²) in [6, 6.07) is 16.7. The zero-order chi connectivity index (χ0) is 30.1. The molecule has 0 saturated heterocycles. The van der Waals surface area contributed by atoms with Crippen molar-refractivity contribution in [2.75, 3.05) is 44.4 Å². The number of rotatable bonds is 12. The number of allylic oxidation sites excluding steroid dienone is 5. The monoisotopic (exact) mass is 569 g/mol. The van der Waals surface area contributed by atoms with Crippen molar-refractivity contribution in [3.05, 3.63) is 94.4 Å². The molecule has 0 bridgehead atoms. The zero-order valence-corrected chi connectivity index (χ0v) is 26.0. The molecule has 2 aromatic rings. The maximum Gasteiger partial charge on any atom is 0.209 e. The van der Waals surface area contributed by atoms with E-state index in [2.05, 4.69) is 87.4 Å². The topological polar surface area (TPSA) is 62.0 Å². The number of carbonyl (C=O) groups is 1. The Morgan fingerprint density at radius 1 is 0.833 bits per heavy atom. The summed E-state index contributed by atoms with van der Waals surface area (Å²) >= 11 is 0. The lowest BCUT2D eigenvalue weighted by molar-refractivity contribution is -0.442. The third-order valence-electron chi connectivity index (χ3n) is 8.78. The van der Waals surface area contributed by atoms with E-state index in [4.69, 9.17) is 9.47 Å². The highest BCUT2D eigenvalue weighted by Gasteiger charge is 2.47. The van der Waals surface area contributed by atoms with Crippen LogP contribution in [0.3, 0.4) is 0 Å². The summed E-state index contributed by atoms with van der Waals surface area (Å²) in [5, 5.41) is 11.3. The van der Waals surface area contributed by atoms with Gasteiger partial charge in [0, 0.05) is 54.3 Å². The Balaban J connectivity index is 1.51. The van der Waals surface area contributed by atoms with Crippen LogP contribution in [0.4, 0.5) is 11.4 Å². The number of carbonyl (C=O) groups excluding carboxylic acids is 1. The van der Waals surface area contributed by atoms with Gasteiger partial charge in [-0.25, -0.2) is 0 Å². The van der Waals surface area contributed by atoms with E-state index in [1.807, 2.05) is 24.3 Å². The molecule has 3 aliphatic rings. The van der Waals surface area contributed by atoms with Gasteiger partial charge in [-0.2, -0.15) is 4.58 Å². The smallest absolute Gasteiger partial charge is 0.209 e. The Labute approximate surface area is 250 Å². The summed E-state index contributed by atoms with van der Waals surface area (Å²) in [5.74, 6) is -0.0711. The zero-order valence-electron chi connectivity index (χ0n) is 26.0. The third kappa shape index (κ3) is 5.16. The van der Waals surface area contributed by atoms with Crippen LogP contribution in [0.1, 0.15) is 65.5 Å². The average molecular weight is 570 g/mol. The van der Waals surface area contributed by atoms with Gasteiger partial charge in [-0.15, -0.1) is 0 Å². The van der Waals surface area contributed by atoms with Gasteiger partial charge in [0.15, 0.2) is 12.3 Å². The van der Waals surface area contributed by atoms with Crippen LogP contribution >= 0.6 is 0 Å². The molecule has 1 aliphatic carbocycles. The van der Waals surface area contributed by atoms with Gasteiger partial charge >= 0.3 is 0 Å². The Morgan fingerprint density at radius 3 is 2.17 bits per heavy atom. The van der Waals surface area contributed by atoms with E-state index < -0.39 is 0 Å². The molecule has 0 atom stereocenters. The van der Waals surface area contributed by atoms with Gasteiger partial charge in [0.25, 0.3) is 0 Å². The van der Waals surface area contributed by atoms with Crippen LogP contribution < -0.4 is 4.90 Å². The summed E-state index contributed by atoms with van der Waals surface area (Å²) in [4.78, 5) is 15.9. The molecule has 5 rings (SSSR count). The lowest BCUT2D eigenvalue weighted by Crippen LogP contribution is -2.33. The van der Waals surface area contributed by atoms with Crippen LogP contribution in [0, 0.1) is 0 Å². The molecule has 0 saturated carbocycles. The summed E-state index contributed by atoms with van der Waals surface area (Å²) < 4.78 is 13.9. The van der Waals surface area contributed by atoms with Gasteiger partial charge in [0.05, 0.1) is 23.2 Å². The third-order valence-corrected chi connectivity index (χ3v) is 8.78. The molecule has 222 valence electrons. The number of ketones is 1. The van der Waals surface area contributed by atoms with Crippen LogP contribution in [-0.4, -0.2) is 60.7 Å². The summed E-state index contributed by atoms with van der Waals surface area (Å²) in [6.07, 6.45) is 5.73. The molecular formula is C36H45N2O4+. The van der Waals surface area contributed by atoms with E-state index in [1.165, 1.54) is 11.1 Å². The van der Waals surface area contributed by atoms with Crippen molar-refractivity contribution in [1.82, 2.24) is 0 Å². The molecule has 2 aromatic carbocycles. The number of fused-ring (bicyclic) bond motifs is 2. The van der Waals surface area contributed by atoms with Crippen molar-refractivity contribution in [2.45, 2.75) is 65.2 Å². The Morgan fingerprint density at radius 2 is 1.48 bits per heavy atom. The second kappa shape index (κ2) is 12.0. The molecule has 6 heteroatoms. The minimum absolute atomic E-state index is 0.0582. The lowest BCUT2D eigenvalue weighted by Gasteiger charge is -2.29. The Bertz CT molecular complexity index is 1490. The van der Waals surface area contributed by atoms with Crippen LogP contribution in [0.15, 0.2) is 83.3 Å². The van der Waals surface area contributed by atoms with Crippen LogP contribution in [0.2, 0.25) is 0 Å². The molecule has 42 heavy (non-hydrogen) atoms. The summed E-state index contributed by atoms with van der Waals surface area (Å²) in [5.41, 5.74) is 6.72. The molecule has 0 unspecified atom stereocenters. The predicted octanol–water partition coefficient (Wildman–Crippen LogP) is 6.92. The number of hydrogen-bond donors (Lipinski definition) is 1. The highest BCUT2D eigenvalue weighted by molar-refractivity contribution is 6.24. The normalized spacial score (nSPS) is 20.5. The predicted molar refractivity (Wildman–Crippen MR) is 169 cm³/mol. The highest BCUT2D eigenvalue weighted by Crippen LogP contribution is 2.49. The molecule has 1 N–H and O–H groups in total. The number of hydrogen-bond acceptors (Lipinski definition) is 5. The van der Waals surface area contributed by atoms with Gasteiger partial charge in [-0.05, 0) is 44.4 Å². The number of aliphatic hydroxyl groups excluding tert-OH is 1. The van der Waals surface area contributed by atoms with Gasteiger partial charge in [0.2, 0.25) is 11.5 Å². The quantitative estimate of drug-likeness (QED) is 0.171. The fourth-order valence-corrected chi connectivity index (χ4v) is 6.47. The fraction of sp³-hybridized carbons (Fsp3) is 0.444. The first kappa shape index (κ1) is 30.0. The second-order valence-electron chi connectivity index (χ2n) is 12.4. The van der Waals surface area contributed by atoms with Gasteiger partial charge in [-0.1, -0.05) is 64.1 Å². The highest BCUT2D eigenvalue weighted by atomic mass is 16.5. The molecule has 0 radical (unpaired) electrons. The Hall–Kier alpha value is -3.48. The standard InChI is InChI=1S/C36H44N2O4/c1-7-19-41-21-17-37-29-15-11-9-13-27(29)35(3,4)31(37)23-25-33(39)26(34(25)40)24-32-36(5,6)28-14-10-12-16-30(28)38(32)18-22-42-20-8-2/h9-16,23-24H,7-8,17-22H2,1-6H3/p+1.